The van der Waals surface area contributed by atoms with Gasteiger partial charge in [-0.2, -0.15) is 0 Å². The molecule has 3 nitrogen and oxygen atoms in total. The summed E-state index contributed by atoms with van der Waals surface area (Å²) in [5, 5.41) is 10.2. The van der Waals surface area contributed by atoms with E-state index in [4.69, 9.17) is 10.5 Å². The van der Waals surface area contributed by atoms with Crippen molar-refractivity contribution < 1.29 is 14.2 Å². The van der Waals surface area contributed by atoms with Gasteiger partial charge in [-0.3, -0.25) is 0 Å². The molecule has 0 saturated heterocycles. The molecule has 0 spiro atoms. The molecule has 2 aromatic carbocycles. The van der Waals surface area contributed by atoms with Gasteiger partial charge in [-0.15, -0.1) is 12.4 Å². The average molecular weight is 312 g/mol. The number of para-hydroxylation sites is 1. The molecule has 0 bridgehead atoms. The van der Waals surface area contributed by atoms with E-state index in [0.29, 0.717) is 12.0 Å². The van der Waals surface area contributed by atoms with Crippen LogP contribution in [0.2, 0.25) is 0 Å². The monoisotopic (exact) mass is 311 g/mol. The molecular weight excluding hydrogens is 293 g/mol. The lowest BCUT2D eigenvalue weighted by atomic mass is 9.96. The van der Waals surface area contributed by atoms with Crippen LogP contribution in [0.25, 0.3) is 0 Å². The highest BCUT2D eigenvalue weighted by Gasteiger charge is 2.22. The number of hydrogen-bond donors (Lipinski definition) is 2. The lowest BCUT2D eigenvalue weighted by Crippen LogP contribution is -2.28. The summed E-state index contributed by atoms with van der Waals surface area (Å²) >= 11 is 0. The molecule has 0 unspecified atom stereocenters. The van der Waals surface area contributed by atoms with E-state index in [1.807, 2.05) is 30.3 Å². The van der Waals surface area contributed by atoms with E-state index in [0.717, 1.165) is 5.56 Å². The minimum Gasteiger partial charge on any atom is -0.493 e. The molecule has 2 aromatic rings. The zero-order valence-electron chi connectivity index (χ0n) is 11.7. The summed E-state index contributed by atoms with van der Waals surface area (Å²) in [6.45, 7) is 0. The Labute approximate surface area is 130 Å². The summed E-state index contributed by atoms with van der Waals surface area (Å²) in [6, 6.07) is 13.4. The molecule has 0 heterocycles. The summed E-state index contributed by atoms with van der Waals surface area (Å²) in [4.78, 5) is 0. The van der Waals surface area contributed by atoms with Crippen LogP contribution < -0.4 is 10.5 Å². The molecule has 0 aliphatic carbocycles. The highest BCUT2D eigenvalue weighted by Crippen LogP contribution is 2.29. The number of halogens is 2. The molecular formula is C16H19ClFNO2. The van der Waals surface area contributed by atoms with Crippen LogP contribution in [-0.4, -0.2) is 18.3 Å². The summed E-state index contributed by atoms with van der Waals surface area (Å²) in [5.41, 5.74) is 7.48. The summed E-state index contributed by atoms with van der Waals surface area (Å²) < 4.78 is 18.7. The highest BCUT2D eigenvalue weighted by molar-refractivity contribution is 5.85. The maximum atomic E-state index is 13.6. The Balaban J connectivity index is 0.00000220. The molecule has 0 amide bonds. The van der Waals surface area contributed by atoms with Gasteiger partial charge in [-0.05, 0) is 11.6 Å². The van der Waals surface area contributed by atoms with Crippen molar-refractivity contribution in [3.8, 4) is 5.75 Å². The molecule has 114 valence electrons. The Bertz CT molecular complexity index is 565. The molecule has 0 aromatic heterocycles. The van der Waals surface area contributed by atoms with Gasteiger partial charge in [-0.1, -0.05) is 42.5 Å². The molecule has 2 rings (SSSR count). The normalized spacial score (nSPS) is 13.1. The fourth-order valence-corrected chi connectivity index (χ4v) is 2.19. The van der Waals surface area contributed by atoms with Gasteiger partial charge in [0.25, 0.3) is 0 Å². The Morgan fingerprint density at radius 3 is 2.43 bits per heavy atom. The van der Waals surface area contributed by atoms with E-state index in [-0.39, 0.29) is 18.2 Å². The van der Waals surface area contributed by atoms with Crippen molar-refractivity contribution in [2.75, 3.05) is 7.11 Å². The molecule has 0 saturated carbocycles. The number of aliphatic hydroxyl groups excluding tert-OH is 1. The average Bonchev–Trinajstić information content (AvgIpc) is 2.47. The van der Waals surface area contributed by atoms with E-state index in [1.165, 1.54) is 13.2 Å². The number of benzene rings is 2. The van der Waals surface area contributed by atoms with Gasteiger partial charge >= 0.3 is 0 Å². The standard InChI is InChI=1S/C16H18FNO2.ClH/c1-20-16-12(8-5-9-13(16)17)15(18)14(19)10-11-6-3-2-4-7-11;/h2-9,14-15,19H,10,18H2,1H3;1H/t14-,15+;/m0./s1. The van der Waals surface area contributed by atoms with Gasteiger partial charge in [0.15, 0.2) is 11.6 Å². The van der Waals surface area contributed by atoms with Crippen molar-refractivity contribution >= 4 is 12.4 Å². The first-order valence-corrected chi connectivity index (χ1v) is 6.43. The van der Waals surface area contributed by atoms with E-state index in [9.17, 15) is 9.50 Å². The second-order valence-corrected chi connectivity index (χ2v) is 4.65. The Kier molecular flexibility index (Phi) is 6.62. The van der Waals surface area contributed by atoms with E-state index in [2.05, 4.69) is 0 Å². The fourth-order valence-electron chi connectivity index (χ4n) is 2.19. The molecule has 0 aliphatic rings. The number of methoxy groups -OCH3 is 1. The van der Waals surface area contributed by atoms with Gasteiger partial charge in [-0.25, -0.2) is 4.39 Å². The predicted molar refractivity (Wildman–Crippen MR) is 83.3 cm³/mol. The quantitative estimate of drug-likeness (QED) is 0.892. The minimum atomic E-state index is -0.812. The number of aliphatic hydroxyl groups is 1. The molecule has 2 atom stereocenters. The number of hydrogen-bond acceptors (Lipinski definition) is 3. The summed E-state index contributed by atoms with van der Waals surface area (Å²) in [6.07, 6.45) is -0.408. The molecule has 0 radical (unpaired) electrons. The van der Waals surface area contributed by atoms with Crippen LogP contribution in [-0.2, 0) is 6.42 Å². The second kappa shape index (κ2) is 7.98. The maximum absolute atomic E-state index is 13.6. The minimum absolute atomic E-state index is 0. The van der Waals surface area contributed by atoms with Crippen molar-refractivity contribution in [2.45, 2.75) is 18.6 Å². The smallest absolute Gasteiger partial charge is 0.165 e. The second-order valence-electron chi connectivity index (χ2n) is 4.65. The molecule has 21 heavy (non-hydrogen) atoms. The first-order valence-electron chi connectivity index (χ1n) is 6.43. The number of nitrogens with two attached hydrogens (primary N) is 1. The van der Waals surface area contributed by atoms with E-state index >= 15 is 0 Å². The molecule has 0 fully saturated rings. The van der Waals surface area contributed by atoms with Crippen molar-refractivity contribution in [3.05, 3.63) is 65.5 Å². The number of ether oxygens (including phenoxy) is 1. The summed E-state index contributed by atoms with van der Waals surface area (Å²) in [5.74, 6) is -0.389. The van der Waals surface area contributed by atoms with E-state index < -0.39 is 18.0 Å². The third-order valence-electron chi connectivity index (χ3n) is 3.26. The van der Waals surface area contributed by atoms with Crippen LogP contribution in [0.4, 0.5) is 4.39 Å². The van der Waals surface area contributed by atoms with Gasteiger partial charge in [0.05, 0.1) is 19.3 Å². The van der Waals surface area contributed by atoms with Crippen molar-refractivity contribution in [1.82, 2.24) is 0 Å². The Morgan fingerprint density at radius 2 is 1.81 bits per heavy atom. The van der Waals surface area contributed by atoms with Gasteiger partial charge < -0.3 is 15.6 Å². The largest absolute Gasteiger partial charge is 0.493 e. The third kappa shape index (κ3) is 4.17. The Hall–Kier alpha value is -1.62. The molecule has 5 heteroatoms. The van der Waals surface area contributed by atoms with Crippen LogP contribution >= 0.6 is 12.4 Å². The SMILES string of the molecule is COc1c(F)cccc1[C@@H](N)[C@@H](O)Cc1ccccc1.Cl. The van der Waals surface area contributed by atoms with Crippen LogP contribution in [0.1, 0.15) is 17.2 Å². The molecule has 3 N–H and O–H groups in total. The van der Waals surface area contributed by atoms with Gasteiger partial charge in [0.1, 0.15) is 0 Å². The molecule has 0 aliphatic heterocycles. The Morgan fingerprint density at radius 1 is 1.14 bits per heavy atom. The van der Waals surface area contributed by atoms with Crippen LogP contribution in [0.15, 0.2) is 48.5 Å². The van der Waals surface area contributed by atoms with Crippen molar-refractivity contribution in [1.29, 1.82) is 0 Å². The number of rotatable bonds is 5. The fraction of sp³-hybridized carbons (Fsp3) is 0.250. The van der Waals surface area contributed by atoms with Crippen molar-refractivity contribution in [2.24, 2.45) is 5.73 Å². The predicted octanol–water partition coefficient (Wildman–Crippen LogP) is 2.86. The summed E-state index contributed by atoms with van der Waals surface area (Å²) in [7, 11) is 1.39. The van der Waals surface area contributed by atoms with Crippen molar-refractivity contribution in [3.63, 3.8) is 0 Å². The van der Waals surface area contributed by atoms with Crippen LogP contribution in [0.5, 0.6) is 5.75 Å². The first-order chi connectivity index (χ1) is 9.63. The van der Waals surface area contributed by atoms with Gasteiger partial charge in [0, 0.05) is 12.0 Å². The zero-order valence-corrected chi connectivity index (χ0v) is 12.5. The zero-order chi connectivity index (χ0) is 14.5. The first kappa shape index (κ1) is 17.4. The van der Waals surface area contributed by atoms with Gasteiger partial charge in [0.2, 0.25) is 0 Å². The third-order valence-corrected chi connectivity index (χ3v) is 3.26. The lowest BCUT2D eigenvalue weighted by Gasteiger charge is -2.21. The lowest BCUT2D eigenvalue weighted by molar-refractivity contribution is 0.143. The van der Waals surface area contributed by atoms with Crippen LogP contribution in [0.3, 0.4) is 0 Å². The highest BCUT2D eigenvalue weighted by atomic mass is 35.5. The van der Waals surface area contributed by atoms with Crippen LogP contribution in [0, 0.1) is 5.82 Å². The topological polar surface area (TPSA) is 55.5 Å². The van der Waals surface area contributed by atoms with E-state index in [1.54, 1.807) is 12.1 Å². The maximum Gasteiger partial charge on any atom is 0.165 e.